The van der Waals surface area contributed by atoms with Crippen LogP contribution in [0.25, 0.3) is 0 Å². The number of aromatic nitrogens is 2. The number of rotatable bonds is 4. The third kappa shape index (κ3) is 3.70. The topological polar surface area (TPSA) is 41.4 Å². The molecule has 1 saturated heterocycles. The van der Waals surface area contributed by atoms with Gasteiger partial charge in [0.15, 0.2) is 0 Å². The van der Waals surface area contributed by atoms with Crippen molar-refractivity contribution in [3.63, 3.8) is 0 Å². The van der Waals surface area contributed by atoms with Gasteiger partial charge in [-0.2, -0.15) is 5.10 Å². The zero-order valence-corrected chi connectivity index (χ0v) is 13.2. The maximum atomic E-state index is 13.0. The summed E-state index contributed by atoms with van der Waals surface area (Å²) in [6, 6.07) is 8.44. The number of carbonyl (C=O) groups is 1. The fourth-order valence-corrected chi connectivity index (χ4v) is 2.88. The van der Waals surface area contributed by atoms with E-state index in [1.807, 2.05) is 28.8 Å². The minimum absolute atomic E-state index is 0.0626. The van der Waals surface area contributed by atoms with E-state index < -0.39 is 0 Å². The van der Waals surface area contributed by atoms with Crippen LogP contribution in [0.2, 0.25) is 0 Å². The summed E-state index contributed by atoms with van der Waals surface area (Å²) in [5.41, 5.74) is 1.00. The maximum Gasteiger partial charge on any atom is 0.224 e. The van der Waals surface area contributed by atoms with E-state index >= 15 is 0 Å². The first kappa shape index (κ1) is 15.5. The fourth-order valence-electron chi connectivity index (χ4n) is 2.88. The molecule has 1 atom stereocenters. The molecule has 0 unspecified atom stereocenters. The lowest BCUT2D eigenvalue weighted by Gasteiger charge is -2.36. The molecule has 1 fully saturated rings. The zero-order valence-electron chi connectivity index (χ0n) is 13.2. The van der Waals surface area contributed by atoms with Gasteiger partial charge in [0.25, 0.3) is 0 Å². The van der Waals surface area contributed by atoms with Crippen molar-refractivity contribution in [3.05, 3.63) is 48.5 Å². The third-order valence-electron chi connectivity index (χ3n) is 4.27. The molecule has 2 aromatic rings. The van der Waals surface area contributed by atoms with Crippen molar-refractivity contribution in [2.75, 3.05) is 31.1 Å². The molecular weight excluding hydrogens is 295 g/mol. The molecule has 1 aromatic carbocycles. The average molecular weight is 316 g/mol. The Morgan fingerprint density at radius 3 is 2.52 bits per heavy atom. The van der Waals surface area contributed by atoms with Crippen LogP contribution in [0.5, 0.6) is 0 Å². The second-order valence-corrected chi connectivity index (χ2v) is 5.88. The van der Waals surface area contributed by atoms with Gasteiger partial charge in [0.2, 0.25) is 5.91 Å². The lowest BCUT2D eigenvalue weighted by atomic mass is 10.2. The molecule has 3 rings (SSSR count). The van der Waals surface area contributed by atoms with Gasteiger partial charge in [0.1, 0.15) is 5.82 Å². The minimum atomic E-state index is -0.227. The second-order valence-electron chi connectivity index (χ2n) is 5.88. The quantitative estimate of drug-likeness (QED) is 0.869. The molecule has 1 aromatic heterocycles. The van der Waals surface area contributed by atoms with Crippen molar-refractivity contribution >= 4 is 11.6 Å². The fraction of sp³-hybridized carbons (Fsp3) is 0.412. The minimum Gasteiger partial charge on any atom is -0.368 e. The van der Waals surface area contributed by atoms with Crippen LogP contribution < -0.4 is 4.90 Å². The number of benzene rings is 1. The Morgan fingerprint density at radius 2 is 1.91 bits per heavy atom. The van der Waals surface area contributed by atoms with E-state index in [-0.39, 0.29) is 17.8 Å². The number of piperazine rings is 1. The molecule has 1 amide bonds. The van der Waals surface area contributed by atoms with E-state index in [2.05, 4.69) is 10.00 Å². The van der Waals surface area contributed by atoms with Crippen LogP contribution in [0.15, 0.2) is 42.7 Å². The Kier molecular flexibility index (Phi) is 4.60. The zero-order chi connectivity index (χ0) is 16.2. The number of hydrogen-bond donors (Lipinski definition) is 0. The molecule has 0 N–H and O–H groups in total. The van der Waals surface area contributed by atoms with Gasteiger partial charge in [-0.15, -0.1) is 0 Å². The monoisotopic (exact) mass is 316 g/mol. The Bertz CT molecular complexity index is 633. The van der Waals surface area contributed by atoms with E-state index in [4.69, 9.17) is 0 Å². The van der Waals surface area contributed by atoms with E-state index in [0.29, 0.717) is 19.5 Å². The predicted molar refractivity (Wildman–Crippen MR) is 86.7 cm³/mol. The molecule has 0 bridgehead atoms. The number of amides is 1. The van der Waals surface area contributed by atoms with Gasteiger partial charge >= 0.3 is 0 Å². The van der Waals surface area contributed by atoms with Gasteiger partial charge in [0.05, 0.1) is 6.04 Å². The lowest BCUT2D eigenvalue weighted by molar-refractivity contribution is -0.132. The Morgan fingerprint density at radius 1 is 1.22 bits per heavy atom. The van der Waals surface area contributed by atoms with E-state index in [9.17, 15) is 9.18 Å². The molecule has 0 aliphatic carbocycles. The summed E-state index contributed by atoms with van der Waals surface area (Å²) in [7, 11) is 0. The van der Waals surface area contributed by atoms with Crippen LogP contribution in [0, 0.1) is 5.82 Å². The highest BCUT2D eigenvalue weighted by atomic mass is 19.1. The SMILES string of the molecule is C[C@@H](CC(=O)N1CCN(c2ccc(F)cc2)CC1)n1cccn1. The molecule has 5 nitrogen and oxygen atoms in total. The number of anilines is 1. The molecule has 0 saturated carbocycles. The van der Waals surface area contributed by atoms with Crippen molar-refractivity contribution in [2.45, 2.75) is 19.4 Å². The lowest BCUT2D eigenvalue weighted by Crippen LogP contribution is -2.49. The molecule has 1 aliphatic rings. The van der Waals surface area contributed by atoms with E-state index in [1.54, 1.807) is 18.3 Å². The molecular formula is C17H21FN4O. The number of carbonyl (C=O) groups excluding carboxylic acids is 1. The van der Waals surface area contributed by atoms with Crippen LogP contribution in [0.4, 0.5) is 10.1 Å². The van der Waals surface area contributed by atoms with Gasteiger partial charge in [-0.25, -0.2) is 4.39 Å². The highest BCUT2D eigenvalue weighted by molar-refractivity contribution is 5.77. The first-order valence-electron chi connectivity index (χ1n) is 7.91. The summed E-state index contributed by atoms with van der Waals surface area (Å²) < 4.78 is 14.8. The Hall–Kier alpha value is -2.37. The molecule has 0 radical (unpaired) electrons. The second kappa shape index (κ2) is 6.81. The highest BCUT2D eigenvalue weighted by Gasteiger charge is 2.23. The van der Waals surface area contributed by atoms with Crippen molar-refractivity contribution in [2.24, 2.45) is 0 Å². The predicted octanol–water partition coefficient (Wildman–Crippen LogP) is 2.32. The van der Waals surface area contributed by atoms with E-state index in [1.165, 1.54) is 12.1 Å². The Balaban J connectivity index is 1.52. The average Bonchev–Trinajstić information content (AvgIpc) is 3.10. The smallest absolute Gasteiger partial charge is 0.224 e. The van der Waals surface area contributed by atoms with Gasteiger partial charge in [-0.3, -0.25) is 9.48 Å². The van der Waals surface area contributed by atoms with Gasteiger partial charge in [-0.05, 0) is 37.3 Å². The summed E-state index contributed by atoms with van der Waals surface area (Å²) in [5.74, 6) is -0.0677. The maximum absolute atomic E-state index is 13.0. The van der Waals surface area contributed by atoms with Crippen molar-refractivity contribution in [1.29, 1.82) is 0 Å². The summed E-state index contributed by atoms with van der Waals surface area (Å²) in [4.78, 5) is 16.5. The van der Waals surface area contributed by atoms with Crippen molar-refractivity contribution in [3.8, 4) is 0 Å². The van der Waals surface area contributed by atoms with Crippen LogP contribution in [0.3, 0.4) is 0 Å². The summed E-state index contributed by atoms with van der Waals surface area (Å²) in [6.07, 6.45) is 4.06. The molecule has 0 spiro atoms. The standard InChI is InChI=1S/C17H21FN4O/c1-14(22-8-2-7-19-22)13-17(23)21-11-9-20(10-12-21)16-5-3-15(18)4-6-16/h2-8,14H,9-13H2,1H3/t14-/m0/s1. The highest BCUT2D eigenvalue weighted by Crippen LogP contribution is 2.18. The first-order valence-corrected chi connectivity index (χ1v) is 7.91. The largest absolute Gasteiger partial charge is 0.368 e. The molecule has 2 heterocycles. The third-order valence-corrected chi connectivity index (χ3v) is 4.27. The van der Waals surface area contributed by atoms with Gasteiger partial charge in [-0.1, -0.05) is 0 Å². The summed E-state index contributed by atoms with van der Waals surface area (Å²) in [5, 5.41) is 4.18. The number of halogens is 1. The van der Waals surface area contributed by atoms with Crippen LogP contribution in [-0.4, -0.2) is 46.8 Å². The first-order chi connectivity index (χ1) is 11.1. The number of hydrogen-bond acceptors (Lipinski definition) is 3. The van der Waals surface area contributed by atoms with Crippen molar-refractivity contribution in [1.82, 2.24) is 14.7 Å². The normalized spacial score (nSPS) is 16.4. The molecule has 1 aliphatic heterocycles. The number of nitrogens with zero attached hydrogens (tertiary/aromatic N) is 4. The van der Waals surface area contributed by atoms with E-state index in [0.717, 1.165) is 18.8 Å². The summed E-state index contributed by atoms with van der Waals surface area (Å²) in [6.45, 7) is 4.94. The molecule has 6 heteroatoms. The molecule has 122 valence electrons. The van der Waals surface area contributed by atoms with Crippen molar-refractivity contribution < 1.29 is 9.18 Å². The van der Waals surface area contributed by atoms with Crippen LogP contribution in [-0.2, 0) is 4.79 Å². The van der Waals surface area contributed by atoms with Crippen LogP contribution >= 0.6 is 0 Å². The van der Waals surface area contributed by atoms with Crippen LogP contribution in [0.1, 0.15) is 19.4 Å². The van der Waals surface area contributed by atoms with Gasteiger partial charge in [0, 0.05) is 50.7 Å². The Labute approximate surface area is 135 Å². The van der Waals surface area contributed by atoms with Gasteiger partial charge < -0.3 is 9.80 Å². The summed E-state index contributed by atoms with van der Waals surface area (Å²) >= 11 is 0. The molecule has 23 heavy (non-hydrogen) atoms.